The monoisotopic (exact) mass is 139 g/mol. The Labute approximate surface area is 61.8 Å². The second-order valence-corrected chi connectivity index (χ2v) is 2.42. The topological polar surface area (TPSA) is 40.9 Å². The molecule has 0 aromatic carbocycles. The van der Waals surface area contributed by atoms with Crippen LogP contribution in [-0.2, 0) is 4.79 Å². The summed E-state index contributed by atoms with van der Waals surface area (Å²) >= 11 is 0. The number of nitriles is 1. The van der Waals surface area contributed by atoms with Crippen molar-refractivity contribution in [2.24, 2.45) is 5.92 Å². The Morgan fingerprint density at radius 3 is 2.70 bits per heavy atom. The van der Waals surface area contributed by atoms with Crippen LogP contribution in [0.1, 0.15) is 33.1 Å². The fourth-order valence-electron chi connectivity index (χ4n) is 0.791. The third-order valence-corrected chi connectivity index (χ3v) is 1.59. The average Bonchev–Trinajstić information content (AvgIpc) is 1.98. The number of carbonyl (C=O) groups excluding carboxylic acids is 1. The molecule has 1 unspecified atom stereocenters. The summed E-state index contributed by atoms with van der Waals surface area (Å²) in [4.78, 5) is 10.9. The van der Waals surface area contributed by atoms with Gasteiger partial charge in [0.2, 0.25) is 0 Å². The number of carbonyl (C=O) groups is 1. The maximum atomic E-state index is 10.9. The molecule has 0 rings (SSSR count). The molecule has 0 aliphatic rings. The van der Waals surface area contributed by atoms with E-state index in [0.717, 1.165) is 0 Å². The lowest BCUT2D eigenvalue weighted by Crippen LogP contribution is -2.08. The molecule has 0 aromatic heterocycles. The Bertz CT molecular complexity index is 146. The molecule has 0 radical (unpaired) electrons. The molecule has 10 heavy (non-hydrogen) atoms. The molecule has 0 aliphatic heterocycles. The third-order valence-electron chi connectivity index (χ3n) is 1.59. The molecular weight excluding hydrogens is 126 g/mol. The van der Waals surface area contributed by atoms with Crippen molar-refractivity contribution in [2.75, 3.05) is 0 Å². The van der Waals surface area contributed by atoms with Crippen molar-refractivity contribution in [3.63, 3.8) is 0 Å². The van der Waals surface area contributed by atoms with Gasteiger partial charge in [-0.15, -0.1) is 0 Å². The van der Waals surface area contributed by atoms with Gasteiger partial charge in [-0.1, -0.05) is 13.8 Å². The molecule has 0 aliphatic carbocycles. The van der Waals surface area contributed by atoms with E-state index in [2.05, 4.69) is 0 Å². The van der Waals surface area contributed by atoms with Crippen LogP contribution < -0.4 is 0 Å². The van der Waals surface area contributed by atoms with Crippen molar-refractivity contribution in [2.45, 2.75) is 33.1 Å². The maximum Gasteiger partial charge on any atom is 0.135 e. The van der Waals surface area contributed by atoms with Gasteiger partial charge in [-0.05, 0) is 6.42 Å². The molecule has 0 saturated heterocycles. The van der Waals surface area contributed by atoms with Crippen LogP contribution in [0.3, 0.4) is 0 Å². The molecule has 0 saturated carbocycles. The number of ketones is 1. The number of Topliss-reactive ketones (excluding diaryl/α,β-unsaturated/α-hetero) is 1. The predicted molar refractivity (Wildman–Crippen MR) is 39.3 cm³/mol. The van der Waals surface area contributed by atoms with E-state index < -0.39 is 0 Å². The van der Waals surface area contributed by atoms with Crippen molar-refractivity contribution in [3.8, 4) is 6.07 Å². The Balaban J connectivity index is 3.53. The molecule has 0 spiro atoms. The fraction of sp³-hybridized carbons (Fsp3) is 0.750. The van der Waals surface area contributed by atoms with Gasteiger partial charge in [0.15, 0.2) is 0 Å². The minimum Gasteiger partial charge on any atom is -0.299 e. The van der Waals surface area contributed by atoms with E-state index in [9.17, 15) is 4.79 Å². The number of nitrogens with zero attached hydrogens (tertiary/aromatic N) is 1. The first-order valence-corrected chi connectivity index (χ1v) is 3.62. The van der Waals surface area contributed by atoms with Crippen molar-refractivity contribution in [1.29, 1.82) is 5.26 Å². The van der Waals surface area contributed by atoms with Gasteiger partial charge in [0, 0.05) is 18.8 Å². The molecule has 56 valence electrons. The van der Waals surface area contributed by atoms with Crippen LogP contribution in [0.4, 0.5) is 0 Å². The molecule has 0 aromatic rings. The first-order valence-electron chi connectivity index (χ1n) is 3.62. The summed E-state index contributed by atoms with van der Waals surface area (Å²) in [5.41, 5.74) is 0. The van der Waals surface area contributed by atoms with Gasteiger partial charge in [-0.25, -0.2) is 0 Å². The summed E-state index contributed by atoms with van der Waals surface area (Å²) in [6.07, 6.45) is 1.79. The van der Waals surface area contributed by atoms with E-state index in [1.54, 1.807) is 0 Å². The lowest BCUT2D eigenvalue weighted by Gasteiger charge is -2.04. The number of hydrogen-bond acceptors (Lipinski definition) is 2. The Morgan fingerprint density at radius 2 is 2.30 bits per heavy atom. The molecular formula is C8H13NO. The quantitative estimate of drug-likeness (QED) is 0.597. The van der Waals surface area contributed by atoms with E-state index >= 15 is 0 Å². The Hall–Kier alpha value is -0.840. The molecule has 2 heteroatoms. The molecule has 2 nitrogen and oxygen atoms in total. The summed E-state index contributed by atoms with van der Waals surface area (Å²) in [6.45, 7) is 3.73. The maximum absolute atomic E-state index is 10.9. The van der Waals surface area contributed by atoms with Crippen molar-refractivity contribution in [3.05, 3.63) is 0 Å². The lowest BCUT2D eigenvalue weighted by molar-refractivity contribution is -0.122. The van der Waals surface area contributed by atoms with Crippen LogP contribution in [0.2, 0.25) is 0 Å². The number of rotatable bonds is 4. The standard InChI is InChI=1S/C8H13NO/c1-3-8(10)7(2)5-4-6-9/h7H,3-5H2,1-2H3. The van der Waals surface area contributed by atoms with Gasteiger partial charge in [-0.3, -0.25) is 4.79 Å². The first kappa shape index (κ1) is 9.16. The third kappa shape index (κ3) is 3.24. The second kappa shape index (κ2) is 4.99. The highest BCUT2D eigenvalue weighted by atomic mass is 16.1. The minimum absolute atomic E-state index is 0.0737. The zero-order chi connectivity index (χ0) is 7.98. The van der Waals surface area contributed by atoms with Crippen molar-refractivity contribution >= 4 is 5.78 Å². The SMILES string of the molecule is CCC(=O)C(C)CCC#N. The largest absolute Gasteiger partial charge is 0.299 e. The van der Waals surface area contributed by atoms with E-state index in [1.807, 2.05) is 19.9 Å². The molecule has 1 atom stereocenters. The van der Waals surface area contributed by atoms with Gasteiger partial charge >= 0.3 is 0 Å². The highest BCUT2D eigenvalue weighted by Gasteiger charge is 2.08. The average molecular weight is 139 g/mol. The highest BCUT2D eigenvalue weighted by molar-refractivity contribution is 5.80. The normalized spacial score (nSPS) is 12.1. The van der Waals surface area contributed by atoms with Gasteiger partial charge in [0.1, 0.15) is 5.78 Å². The molecule has 0 bridgehead atoms. The summed E-state index contributed by atoms with van der Waals surface area (Å²) in [5.74, 6) is 0.333. The van der Waals surface area contributed by atoms with E-state index in [-0.39, 0.29) is 11.7 Å². The summed E-state index contributed by atoms with van der Waals surface area (Å²) < 4.78 is 0. The first-order chi connectivity index (χ1) is 4.72. The zero-order valence-corrected chi connectivity index (χ0v) is 6.55. The Morgan fingerprint density at radius 1 is 1.70 bits per heavy atom. The summed E-state index contributed by atoms with van der Waals surface area (Å²) in [5, 5.41) is 8.21. The minimum atomic E-state index is 0.0737. The van der Waals surface area contributed by atoms with Crippen LogP contribution in [-0.4, -0.2) is 5.78 Å². The van der Waals surface area contributed by atoms with Gasteiger partial charge in [0.05, 0.1) is 6.07 Å². The van der Waals surface area contributed by atoms with Gasteiger partial charge in [-0.2, -0.15) is 5.26 Å². The van der Waals surface area contributed by atoms with Crippen LogP contribution >= 0.6 is 0 Å². The van der Waals surface area contributed by atoms with E-state index in [0.29, 0.717) is 19.3 Å². The predicted octanol–water partition coefficient (Wildman–Crippen LogP) is 1.91. The van der Waals surface area contributed by atoms with Crippen molar-refractivity contribution < 1.29 is 4.79 Å². The lowest BCUT2D eigenvalue weighted by atomic mass is 9.99. The number of hydrogen-bond donors (Lipinski definition) is 0. The summed E-state index contributed by atoms with van der Waals surface area (Å²) in [6, 6.07) is 2.03. The Kier molecular flexibility index (Phi) is 4.57. The smallest absolute Gasteiger partial charge is 0.135 e. The van der Waals surface area contributed by atoms with E-state index in [4.69, 9.17) is 5.26 Å². The molecule has 0 N–H and O–H groups in total. The molecule has 0 heterocycles. The van der Waals surface area contributed by atoms with Crippen LogP contribution in [0.25, 0.3) is 0 Å². The molecule has 0 fully saturated rings. The fourth-order valence-corrected chi connectivity index (χ4v) is 0.791. The highest BCUT2D eigenvalue weighted by Crippen LogP contribution is 2.07. The van der Waals surface area contributed by atoms with Gasteiger partial charge < -0.3 is 0 Å². The van der Waals surface area contributed by atoms with Gasteiger partial charge in [0.25, 0.3) is 0 Å². The zero-order valence-electron chi connectivity index (χ0n) is 6.55. The van der Waals surface area contributed by atoms with E-state index in [1.165, 1.54) is 0 Å². The molecule has 0 amide bonds. The van der Waals surface area contributed by atoms with Crippen LogP contribution in [0.15, 0.2) is 0 Å². The van der Waals surface area contributed by atoms with Crippen molar-refractivity contribution in [1.82, 2.24) is 0 Å². The van der Waals surface area contributed by atoms with Crippen LogP contribution in [0.5, 0.6) is 0 Å². The van der Waals surface area contributed by atoms with Crippen LogP contribution in [0, 0.1) is 17.2 Å². The summed E-state index contributed by atoms with van der Waals surface area (Å²) in [7, 11) is 0. The second-order valence-electron chi connectivity index (χ2n) is 2.42.